The zero-order valence-electron chi connectivity index (χ0n) is 13.9. The molecule has 2 fully saturated rings. The summed E-state index contributed by atoms with van der Waals surface area (Å²) in [4.78, 5) is 28.8. The predicted molar refractivity (Wildman–Crippen MR) is 88.9 cm³/mol. The van der Waals surface area contributed by atoms with E-state index in [1.807, 2.05) is 35.2 Å². The van der Waals surface area contributed by atoms with Gasteiger partial charge in [-0.2, -0.15) is 0 Å². The number of likely N-dealkylation sites (N-methyl/N-ethyl adjacent to an activating group) is 1. The molecule has 3 rings (SSSR count). The second-order valence-electron chi connectivity index (χ2n) is 6.74. The molecule has 1 N–H and O–H groups in total. The lowest BCUT2D eigenvalue weighted by Crippen LogP contribution is -2.58. The number of amides is 2. The largest absolute Gasteiger partial charge is 0.344 e. The van der Waals surface area contributed by atoms with E-state index in [-0.39, 0.29) is 11.8 Å². The van der Waals surface area contributed by atoms with E-state index in [4.69, 9.17) is 0 Å². The van der Waals surface area contributed by atoms with Crippen LogP contribution in [0.4, 0.5) is 0 Å². The standard InChI is InChI=1S/C18H25N3O2/c1-13(22)19-17(10-14-6-4-3-5-7-14)18(23)21-11-15-8-9-16(12-21)20(15)2/h3-7,15-17H,8-12H2,1-2H3,(H,19,22)/t15-,16+,17-/m0/s1. The second kappa shape index (κ2) is 6.71. The Hall–Kier alpha value is -1.88. The molecule has 2 aliphatic heterocycles. The molecule has 0 aliphatic carbocycles. The van der Waals surface area contributed by atoms with E-state index in [9.17, 15) is 9.59 Å². The van der Waals surface area contributed by atoms with Gasteiger partial charge in [0, 0.05) is 38.5 Å². The van der Waals surface area contributed by atoms with Crippen LogP contribution in [0.25, 0.3) is 0 Å². The maximum Gasteiger partial charge on any atom is 0.245 e. The summed E-state index contributed by atoms with van der Waals surface area (Å²) in [5.74, 6) is -0.106. The van der Waals surface area contributed by atoms with E-state index >= 15 is 0 Å². The molecule has 2 amide bonds. The lowest BCUT2D eigenvalue weighted by Gasteiger charge is -2.40. The average molecular weight is 315 g/mol. The van der Waals surface area contributed by atoms with Crippen molar-refractivity contribution < 1.29 is 9.59 Å². The molecule has 5 heteroatoms. The Bertz CT molecular complexity index is 561. The first-order valence-electron chi connectivity index (χ1n) is 8.36. The highest BCUT2D eigenvalue weighted by atomic mass is 16.2. The number of piperazine rings is 1. The normalized spacial score (nSPS) is 25.2. The fourth-order valence-corrected chi connectivity index (χ4v) is 3.81. The molecule has 0 aromatic heterocycles. The van der Waals surface area contributed by atoms with E-state index in [0.29, 0.717) is 18.5 Å². The van der Waals surface area contributed by atoms with Gasteiger partial charge in [0.15, 0.2) is 0 Å². The first-order chi connectivity index (χ1) is 11.0. The number of fused-ring (bicyclic) bond motifs is 2. The Balaban J connectivity index is 1.71. The van der Waals surface area contributed by atoms with Crippen LogP contribution in [-0.2, 0) is 16.0 Å². The van der Waals surface area contributed by atoms with Crippen LogP contribution in [0.1, 0.15) is 25.3 Å². The van der Waals surface area contributed by atoms with Crippen molar-refractivity contribution in [2.75, 3.05) is 20.1 Å². The van der Waals surface area contributed by atoms with Crippen molar-refractivity contribution in [3.8, 4) is 0 Å². The molecule has 2 heterocycles. The maximum atomic E-state index is 13.0. The van der Waals surface area contributed by atoms with Crippen molar-refractivity contribution in [2.45, 2.75) is 44.3 Å². The van der Waals surface area contributed by atoms with Crippen molar-refractivity contribution in [2.24, 2.45) is 0 Å². The van der Waals surface area contributed by atoms with E-state index in [0.717, 1.165) is 31.5 Å². The number of likely N-dealkylation sites (tertiary alicyclic amines) is 1. The van der Waals surface area contributed by atoms with Gasteiger partial charge in [-0.1, -0.05) is 30.3 Å². The van der Waals surface area contributed by atoms with Crippen LogP contribution in [-0.4, -0.2) is 59.9 Å². The quantitative estimate of drug-likeness (QED) is 0.903. The summed E-state index contributed by atoms with van der Waals surface area (Å²) in [5.41, 5.74) is 1.07. The fourth-order valence-electron chi connectivity index (χ4n) is 3.81. The number of nitrogens with zero attached hydrogens (tertiary/aromatic N) is 2. The second-order valence-corrected chi connectivity index (χ2v) is 6.74. The molecule has 2 saturated heterocycles. The van der Waals surface area contributed by atoms with Crippen molar-refractivity contribution >= 4 is 11.8 Å². The molecule has 0 saturated carbocycles. The minimum Gasteiger partial charge on any atom is -0.344 e. The molecular weight excluding hydrogens is 290 g/mol. The average Bonchev–Trinajstić information content (AvgIpc) is 2.75. The van der Waals surface area contributed by atoms with Crippen LogP contribution in [0.3, 0.4) is 0 Å². The molecule has 124 valence electrons. The van der Waals surface area contributed by atoms with Gasteiger partial charge in [-0.05, 0) is 25.5 Å². The van der Waals surface area contributed by atoms with Gasteiger partial charge >= 0.3 is 0 Å². The number of carbonyl (C=O) groups is 2. The molecule has 5 nitrogen and oxygen atoms in total. The topological polar surface area (TPSA) is 52.7 Å². The van der Waals surface area contributed by atoms with Crippen LogP contribution >= 0.6 is 0 Å². The number of benzene rings is 1. The van der Waals surface area contributed by atoms with Gasteiger partial charge in [0.2, 0.25) is 11.8 Å². The molecule has 0 unspecified atom stereocenters. The monoisotopic (exact) mass is 315 g/mol. The van der Waals surface area contributed by atoms with Crippen LogP contribution < -0.4 is 5.32 Å². The van der Waals surface area contributed by atoms with Gasteiger partial charge < -0.3 is 10.2 Å². The van der Waals surface area contributed by atoms with E-state index in [1.165, 1.54) is 6.92 Å². The van der Waals surface area contributed by atoms with E-state index in [2.05, 4.69) is 17.3 Å². The Kier molecular flexibility index (Phi) is 4.66. The van der Waals surface area contributed by atoms with Gasteiger partial charge in [-0.3, -0.25) is 14.5 Å². The third kappa shape index (κ3) is 3.55. The lowest BCUT2D eigenvalue weighted by atomic mass is 10.0. The lowest BCUT2D eigenvalue weighted by molar-refractivity contribution is -0.138. The zero-order valence-corrected chi connectivity index (χ0v) is 13.9. The Morgan fingerprint density at radius 3 is 2.35 bits per heavy atom. The van der Waals surface area contributed by atoms with Crippen molar-refractivity contribution in [3.05, 3.63) is 35.9 Å². The van der Waals surface area contributed by atoms with Crippen LogP contribution in [0.5, 0.6) is 0 Å². The SMILES string of the molecule is CC(=O)N[C@@H](Cc1ccccc1)C(=O)N1C[C@H]2CC[C@@H](C1)N2C. The fraction of sp³-hybridized carbons (Fsp3) is 0.556. The third-order valence-electron chi connectivity index (χ3n) is 5.12. The molecule has 3 atom stereocenters. The first kappa shape index (κ1) is 16.0. The zero-order chi connectivity index (χ0) is 16.4. The summed E-state index contributed by atoms with van der Waals surface area (Å²) >= 11 is 0. The minimum absolute atomic E-state index is 0.0500. The molecule has 1 aromatic carbocycles. The van der Waals surface area contributed by atoms with Gasteiger partial charge in [-0.15, -0.1) is 0 Å². The van der Waals surface area contributed by atoms with Crippen LogP contribution in [0.15, 0.2) is 30.3 Å². The van der Waals surface area contributed by atoms with Crippen LogP contribution in [0.2, 0.25) is 0 Å². The number of nitrogens with one attached hydrogen (secondary N) is 1. The van der Waals surface area contributed by atoms with Crippen LogP contribution in [0, 0.1) is 0 Å². The number of carbonyl (C=O) groups excluding carboxylic acids is 2. The smallest absolute Gasteiger partial charge is 0.245 e. The van der Waals surface area contributed by atoms with Gasteiger partial charge in [0.05, 0.1) is 0 Å². The summed E-state index contributed by atoms with van der Waals surface area (Å²) in [6.07, 6.45) is 2.86. The molecular formula is C18H25N3O2. The third-order valence-corrected chi connectivity index (χ3v) is 5.12. The predicted octanol–water partition coefficient (Wildman–Crippen LogP) is 1.04. The van der Waals surface area contributed by atoms with Gasteiger partial charge in [0.1, 0.15) is 6.04 Å². The Morgan fingerprint density at radius 1 is 1.17 bits per heavy atom. The molecule has 0 spiro atoms. The highest BCUT2D eigenvalue weighted by Crippen LogP contribution is 2.28. The van der Waals surface area contributed by atoms with E-state index in [1.54, 1.807) is 0 Å². The maximum absolute atomic E-state index is 13.0. The highest BCUT2D eigenvalue weighted by molar-refractivity contribution is 5.87. The van der Waals surface area contributed by atoms with E-state index < -0.39 is 6.04 Å². The number of hydrogen-bond donors (Lipinski definition) is 1. The molecule has 2 bridgehead atoms. The van der Waals surface area contributed by atoms with Crippen molar-refractivity contribution in [3.63, 3.8) is 0 Å². The first-order valence-corrected chi connectivity index (χ1v) is 8.36. The Labute approximate surface area is 137 Å². The summed E-state index contributed by atoms with van der Waals surface area (Å²) in [7, 11) is 2.15. The molecule has 23 heavy (non-hydrogen) atoms. The molecule has 1 aromatic rings. The minimum atomic E-state index is -0.474. The number of rotatable bonds is 4. The van der Waals surface area contributed by atoms with Crippen molar-refractivity contribution in [1.82, 2.24) is 15.1 Å². The van der Waals surface area contributed by atoms with Crippen molar-refractivity contribution in [1.29, 1.82) is 0 Å². The number of hydrogen-bond acceptors (Lipinski definition) is 3. The highest BCUT2D eigenvalue weighted by Gasteiger charge is 2.40. The van der Waals surface area contributed by atoms with Gasteiger partial charge in [0.25, 0.3) is 0 Å². The summed E-state index contributed by atoms with van der Waals surface area (Å²) in [5, 5.41) is 2.84. The van der Waals surface area contributed by atoms with Gasteiger partial charge in [-0.25, -0.2) is 0 Å². The summed E-state index contributed by atoms with van der Waals surface area (Å²) in [6.45, 7) is 3.02. The summed E-state index contributed by atoms with van der Waals surface area (Å²) < 4.78 is 0. The molecule has 0 radical (unpaired) electrons. The Morgan fingerprint density at radius 2 is 1.78 bits per heavy atom. The summed E-state index contributed by atoms with van der Waals surface area (Å²) in [6, 6.07) is 10.3. The molecule has 2 aliphatic rings.